The van der Waals surface area contributed by atoms with Crippen LogP contribution in [0, 0.1) is 5.82 Å². The van der Waals surface area contributed by atoms with Gasteiger partial charge in [0.05, 0.1) is 6.20 Å². The van der Waals surface area contributed by atoms with Crippen LogP contribution in [0.15, 0.2) is 35.2 Å². The Hall–Kier alpha value is -2.15. The number of aromatic nitrogens is 1. The lowest BCUT2D eigenvalue weighted by Crippen LogP contribution is -2.50. The summed E-state index contributed by atoms with van der Waals surface area (Å²) in [6.45, 7) is 2.66. The number of carbonyl (C=O) groups excluding carboxylic acids is 1. The summed E-state index contributed by atoms with van der Waals surface area (Å²) in [4.78, 5) is 20.0. The third-order valence-electron chi connectivity index (χ3n) is 3.53. The van der Waals surface area contributed by atoms with Crippen LogP contribution in [0.25, 0.3) is 0 Å². The van der Waals surface area contributed by atoms with Crippen LogP contribution in [0.2, 0.25) is 0 Å². The molecule has 2 aromatic rings. The molecule has 1 fully saturated rings. The number of hydrogen-bond donors (Lipinski definition) is 0. The molecule has 1 amide bonds. The first-order chi connectivity index (χ1) is 10.7. The fraction of sp³-hybridized carbons (Fsp3) is 0.333. The van der Waals surface area contributed by atoms with Crippen LogP contribution in [0.3, 0.4) is 0 Å². The van der Waals surface area contributed by atoms with Crippen molar-refractivity contribution in [3.8, 4) is 5.75 Å². The van der Waals surface area contributed by atoms with Crippen LogP contribution < -0.4 is 9.64 Å². The molecule has 0 aliphatic carbocycles. The molecule has 5 nitrogen and oxygen atoms in total. The SMILES string of the molecule is O=C(COc1ccsc1)N1CCN(c2ccc(F)cn2)CC1. The van der Waals surface area contributed by atoms with Crippen molar-refractivity contribution in [3.05, 3.63) is 41.0 Å². The first-order valence-corrected chi connectivity index (χ1v) is 7.96. The topological polar surface area (TPSA) is 45.7 Å². The highest BCUT2D eigenvalue weighted by atomic mass is 32.1. The second kappa shape index (κ2) is 6.74. The zero-order chi connectivity index (χ0) is 15.4. The van der Waals surface area contributed by atoms with Crippen molar-refractivity contribution in [1.29, 1.82) is 0 Å². The molecule has 1 aliphatic heterocycles. The molecule has 116 valence electrons. The normalized spacial score (nSPS) is 15.0. The number of thiophene rings is 1. The molecule has 3 heterocycles. The van der Waals surface area contributed by atoms with Crippen molar-refractivity contribution in [2.45, 2.75) is 0 Å². The Balaban J connectivity index is 1.48. The second-order valence-corrected chi connectivity index (χ2v) is 5.73. The molecule has 2 aromatic heterocycles. The smallest absolute Gasteiger partial charge is 0.260 e. The highest BCUT2D eigenvalue weighted by Gasteiger charge is 2.22. The van der Waals surface area contributed by atoms with Gasteiger partial charge in [0, 0.05) is 31.6 Å². The summed E-state index contributed by atoms with van der Waals surface area (Å²) in [5.41, 5.74) is 0. The van der Waals surface area contributed by atoms with Gasteiger partial charge in [-0.25, -0.2) is 9.37 Å². The van der Waals surface area contributed by atoms with E-state index in [0.717, 1.165) is 11.6 Å². The van der Waals surface area contributed by atoms with Gasteiger partial charge in [-0.2, -0.15) is 0 Å². The molecular formula is C15H16FN3O2S. The van der Waals surface area contributed by atoms with Crippen molar-refractivity contribution in [1.82, 2.24) is 9.88 Å². The minimum Gasteiger partial charge on any atom is -0.483 e. The van der Waals surface area contributed by atoms with Crippen LogP contribution in [0.4, 0.5) is 10.2 Å². The Morgan fingerprint density at radius 1 is 1.27 bits per heavy atom. The number of halogens is 1. The van der Waals surface area contributed by atoms with E-state index in [1.165, 1.54) is 23.6 Å². The molecule has 22 heavy (non-hydrogen) atoms. The van der Waals surface area contributed by atoms with Crippen LogP contribution in [0.1, 0.15) is 0 Å². The predicted octanol–water partition coefficient (Wildman–Crippen LogP) is 2.01. The van der Waals surface area contributed by atoms with Crippen LogP contribution in [-0.2, 0) is 4.79 Å². The molecule has 7 heteroatoms. The Bertz CT molecular complexity index is 610. The summed E-state index contributed by atoms with van der Waals surface area (Å²) in [6.07, 6.45) is 1.21. The highest BCUT2D eigenvalue weighted by molar-refractivity contribution is 7.08. The lowest BCUT2D eigenvalue weighted by atomic mass is 10.3. The van der Waals surface area contributed by atoms with Gasteiger partial charge in [0.1, 0.15) is 17.4 Å². The van der Waals surface area contributed by atoms with E-state index in [1.807, 2.05) is 21.7 Å². The molecule has 0 bridgehead atoms. The Labute approximate surface area is 131 Å². The van der Waals surface area contributed by atoms with E-state index in [9.17, 15) is 9.18 Å². The maximum Gasteiger partial charge on any atom is 0.260 e. The minimum atomic E-state index is -0.344. The summed E-state index contributed by atoms with van der Waals surface area (Å²) in [5, 5.41) is 3.78. The number of piperazine rings is 1. The quantitative estimate of drug-likeness (QED) is 0.864. The van der Waals surface area contributed by atoms with Crippen LogP contribution in [0.5, 0.6) is 5.75 Å². The monoisotopic (exact) mass is 321 g/mol. The third kappa shape index (κ3) is 3.54. The number of hydrogen-bond acceptors (Lipinski definition) is 5. The molecule has 0 saturated carbocycles. The number of ether oxygens (including phenoxy) is 1. The summed E-state index contributed by atoms with van der Waals surface area (Å²) in [5.74, 6) is 1.11. The van der Waals surface area contributed by atoms with Gasteiger partial charge in [-0.15, -0.1) is 11.3 Å². The summed E-state index contributed by atoms with van der Waals surface area (Å²) in [7, 11) is 0. The fourth-order valence-corrected chi connectivity index (χ4v) is 2.88. The number of anilines is 1. The largest absolute Gasteiger partial charge is 0.483 e. The van der Waals surface area contributed by atoms with Crippen molar-refractivity contribution in [2.75, 3.05) is 37.7 Å². The van der Waals surface area contributed by atoms with Gasteiger partial charge in [-0.05, 0) is 23.6 Å². The van der Waals surface area contributed by atoms with Crippen molar-refractivity contribution >= 4 is 23.1 Å². The minimum absolute atomic E-state index is 0.0158. The first-order valence-electron chi connectivity index (χ1n) is 7.01. The van der Waals surface area contributed by atoms with Gasteiger partial charge in [0.15, 0.2) is 6.61 Å². The summed E-state index contributed by atoms with van der Waals surface area (Å²) < 4.78 is 18.3. The van der Waals surface area contributed by atoms with E-state index in [2.05, 4.69) is 4.98 Å². The number of pyridine rings is 1. The van der Waals surface area contributed by atoms with Crippen molar-refractivity contribution in [2.24, 2.45) is 0 Å². The fourth-order valence-electron chi connectivity index (χ4n) is 2.31. The maximum absolute atomic E-state index is 12.9. The van der Waals surface area contributed by atoms with Crippen LogP contribution >= 0.6 is 11.3 Å². The second-order valence-electron chi connectivity index (χ2n) is 4.95. The predicted molar refractivity (Wildman–Crippen MR) is 82.8 cm³/mol. The molecule has 1 saturated heterocycles. The van der Waals surface area contributed by atoms with Gasteiger partial charge in [0.2, 0.25) is 0 Å². The van der Waals surface area contributed by atoms with Gasteiger partial charge in [-0.3, -0.25) is 4.79 Å². The number of amides is 1. The van der Waals surface area contributed by atoms with E-state index in [1.54, 1.807) is 11.0 Å². The Morgan fingerprint density at radius 3 is 2.73 bits per heavy atom. The molecule has 0 aromatic carbocycles. The highest BCUT2D eigenvalue weighted by Crippen LogP contribution is 2.16. The lowest BCUT2D eigenvalue weighted by molar-refractivity contribution is -0.133. The third-order valence-corrected chi connectivity index (χ3v) is 4.19. The van der Waals surface area contributed by atoms with E-state index >= 15 is 0 Å². The Morgan fingerprint density at radius 2 is 2.09 bits per heavy atom. The molecule has 3 rings (SSSR count). The average molecular weight is 321 g/mol. The molecule has 0 radical (unpaired) electrons. The van der Waals surface area contributed by atoms with E-state index < -0.39 is 0 Å². The van der Waals surface area contributed by atoms with Gasteiger partial charge in [-0.1, -0.05) is 0 Å². The zero-order valence-electron chi connectivity index (χ0n) is 11.9. The van der Waals surface area contributed by atoms with Gasteiger partial charge in [0.25, 0.3) is 5.91 Å². The molecular weight excluding hydrogens is 305 g/mol. The van der Waals surface area contributed by atoms with Crippen LogP contribution in [-0.4, -0.2) is 48.6 Å². The molecule has 0 atom stereocenters. The van der Waals surface area contributed by atoms with E-state index in [4.69, 9.17) is 4.74 Å². The number of nitrogens with zero attached hydrogens (tertiary/aromatic N) is 3. The van der Waals surface area contributed by atoms with Gasteiger partial charge < -0.3 is 14.5 Å². The Kier molecular flexibility index (Phi) is 4.53. The summed E-state index contributed by atoms with van der Waals surface area (Å²) >= 11 is 1.54. The van der Waals surface area contributed by atoms with E-state index in [0.29, 0.717) is 26.2 Å². The summed E-state index contributed by atoms with van der Waals surface area (Å²) in [6, 6.07) is 4.90. The lowest BCUT2D eigenvalue weighted by Gasteiger charge is -2.35. The molecule has 1 aliphatic rings. The molecule has 0 spiro atoms. The first kappa shape index (κ1) is 14.8. The zero-order valence-corrected chi connectivity index (χ0v) is 12.8. The number of rotatable bonds is 4. The molecule has 0 N–H and O–H groups in total. The van der Waals surface area contributed by atoms with E-state index in [-0.39, 0.29) is 18.3 Å². The number of carbonyl (C=O) groups is 1. The van der Waals surface area contributed by atoms with Gasteiger partial charge >= 0.3 is 0 Å². The van der Waals surface area contributed by atoms with Crippen molar-refractivity contribution in [3.63, 3.8) is 0 Å². The molecule has 0 unspecified atom stereocenters. The standard InChI is InChI=1S/C15H16FN3O2S/c16-12-1-2-14(17-9-12)18-4-6-19(7-5-18)15(20)10-21-13-3-8-22-11-13/h1-3,8-9,11H,4-7,10H2. The van der Waals surface area contributed by atoms with Crippen molar-refractivity contribution < 1.29 is 13.9 Å². The maximum atomic E-state index is 12.9. The average Bonchev–Trinajstić information content (AvgIpc) is 3.07.